The lowest BCUT2D eigenvalue weighted by Crippen LogP contribution is -2.17. The molecule has 19 heavy (non-hydrogen) atoms. The van der Waals surface area contributed by atoms with Crippen molar-refractivity contribution in [1.82, 2.24) is 14.8 Å². The molecule has 0 unspecified atom stereocenters. The van der Waals surface area contributed by atoms with Gasteiger partial charge in [0.15, 0.2) is 0 Å². The van der Waals surface area contributed by atoms with E-state index >= 15 is 0 Å². The third-order valence-electron chi connectivity index (χ3n) is 2.78. The number of rotatable bonds is 3. The van der Waals surface area contributed by atoms with E-state index in [2.05, 4.69) is 10.1 Å². The first-order valence-corrected chi connectivity index (χ1v) is 5.84. The molecule has 0 fully saturated rings. The second-order valence-corrected chi connectivity index (χ2v) is 4.98. The third kappa shape index (κ3) is 3.68. The molecule has 0 aliphatic heterocycles. The van der Waals surface area contributed by atoms with E-state index in [-0.39, 0.29) is 12.4 Å². The molecule has 0 aliphatic rings. The zero-order valence-corrected chi connectivity index (χ0v) is 12.1. The summed E-state index contributed by atoms with van der Waals surface area (Å²) in [5.74, 6) is 0.522. The molecule has 2 aromatic rings. The molecule has 3 N–H and O–H groups in total. The Bertz CT molecular complexity index is 543. The van der Waals surface area contributed by atoms with Crippen molar-refractivity contribution >= 4 is 18.2 Å². The first-order chi connectivity index (χ1) is 8.36. The first kappa shape index (κ1) is 15.5. The molecule has 0 aromatic carbocycles. The van der Waals surface area contributed by atoms with Gasteiger partial charge in [0.2, 0.25) is 0 Å². The van der Waals surface area contributed by atoms with Crippen molar-refractivity contribution in [2.75, 3.05) is 5.73 Å². The van der Waals surface area contributed by atoms with Crippen LogP contribution in [0, 0.1) is 6.92 Å². The monoisotopic (exact) mass is 282 g/mol. The third-order valence-corrected chi connectivity index (χ3v) is 2.78. The van der Waals surface area contributed by atoms with Crippen LogP contribution in [0.5, 0.6) is 0 Å². The minimum absolute atomic E-state index is 0. The highest BCUT2D eigenvalue weighted by Crippen LogP contribution is 2.17. The zero-order chi connectivity index (χ0) is 13.3. The summed E-state index contributed by atoms with van der Waals surface area (Å²) in [6.45, 7) is 6.02. The van der Waals surface area contributed by atoms with Gasteiger partial charge in [-0.05, 0) is 32.4 Å². The largest absolute Gasteiger partial charge is 0.384 e. The average molecular weight is 283 g/mol. The van der Waals surface area contributed by atoms with E-state index in [1.54, 1.807) is 20.0 Å². The number of hydrogen-bond acceptors (Lipinski definition) is 4. The lowest BCUT2D eigenvalue weighted by atomic mass is 10.0. The predicted octanol–water partition coefficient (Wildman–Crippen LogP) is 1.87. The number of halogens is 1. The second-order valence-electron chi connectivity index (χ2n) is 4.98. The summed E-state index contributed by atoms with van der Waals surface area (Å²) in [6.07, 6.45) is 1.75. The fraction of sp³-hybridized carbons (Fsp3) is 0.385. The quantitative estimate of drug-likeness (QED) is 0.901. The molecule has 0 saturated carbocycles. The maximum Gasteiger partial charge on any atom is 0.145 e. The fourth-order valence-electron chi connectivity index (χ4n) is 1.75. The fourth-order valence-corrected chi connectivity index (χ4v) is 1.75. The highest BCUT2D eigenvalue weighted by Gasteiger charge is 2.17. The smallest absolute Gasteiger partial charge is 0.145 e. The molecule has 0 amide bonds. The first-order valence-electron chi connectivity index (χ1n) is 5.84. The summed E-state index contributed by atoms with van der Waals surface area (Å²) in [7, 11) is 0. The molecule has 0 aliphatic carbocycles. The van der Waals surface area contributed by atoms with Gasteiger partial charge in [0.1, 0.15) is 11.4 Å². The van der Waals surface area contributed by atoms with Crippen molar-refractivity contribution in [3.8, 4) is 0 Å². The van der Waals surface area contributed by atoms with Gasteiger partial charge < -0.3 is 10.8 Å². The van der Waals surface area contributed by atoms with Crippen LogP contribution in [0.2, 0.25) is 0 Å². The lowest BCUT2D eigenvalue weighted by Gasteiger charge is -2.16. The predicted molar refractivity (Wildman–Crippen MR) is 77.2 cm³/mol. The van der Waals surface area contributed by atoms with Crippen molar-refractivity contribution in [2.45, 2.75) is 32.9 Å². The number of nitrogen functional groups attached to an aromatic ring is 1. The Morgan fingerprint density at radius 3 is 2.47 bits per heavy atom. The Labute approximate surface area is 118 Å². The van der Waals surface area contributed by atoms with Gasteiger partial charge in [-0.2, -0.15) is 5.10 Å². The summed E-state index contributed by atoms with van der Waals surface area (Å²) in [5.41, 5.74) is 7.41. The van der Waals surface area contributed by atoms with Gasteiger partial charge in [-0.3, -0.25) is 9.67 Å². The maximum atomic E-state index is 9.82. The SMILES string of the molecule is Cc1cc(N)nn1Cc1ccc(C(C)(C)O)nc1.Cl. The van der Waals surface area contributed by atoms with E-state index < -0.39 is 5.60 Å². The molecule has 2 aromatic heterocycles. The molecule has 0 atom stereocenters. The molecule has 6 heteroatoms. The summed E-state index contributed by atoms with van der Waals surface area (Å²) in [5, 5.41) is 14.0. The molecule has 0 spiro atoms. The molecular weight excluding hydrogens is 264 g/mol. The second kappa shape index (κ2) is 5.59. The number of hydrogen-bond donors (Lipinski definition) is 2. The van der Waals surface area contributed by atoms with Gasteiger partial charge in [-0.25, -0.2) is 0 Å². The van der Waals surface area contributed by atoms with E-state index in [9.17, 15) is 5.11 Å². The number of anilines is 1. The number of aliphatic hydroxyl groups is 1. The highest BCUT2D eigenvalue weighted by atomic mass is 35.5. The van der Waals surface area contributed by atoms with Crippen LogP contribution in [-0.4, -0.2) is 19.9 Å². The Hall–Kier alpha value is -1.59. The minimum atomic E-state index is -0.912. The summed E-state index contributed by atoms with van der Waals surface area (Å²) < 4.78 is 1.83. The van der Waals surface area contributed by atoms with E-state index in [4.69, 9.17) is 5.73 Å². The number of aromatic nitrogens is 3. The van der Waals surface area contributed by atoms with E-state index in [1.165, 1.54) is 0 Å². The van der Waals surface area contributed by atoms with Crippen LogP contribution in [0.4, 0.5) is 5.82 Å². The van der Waals surface area contributed by atoms with Gasteiger partial charge in [-0.15, -0.1) is 12.4 Å². The molecule has 0 bridgehead atoms. The van der Waals surface area contributed by atoms with Gasteiger partial charge in [0.25, 0.3) is 0 Å². The van der Waals surface area contributed by atoms with Crippen molar-refractivity contribution in [1.29, 1.82) is 0 Å². The van der Waals surface area contributed by atoms with E-state index in [0.717, 1.165) is 11.3 Å². The van der Waals surface area contributed by atoms with Crippen LogP contribution in [0.15, 0.2) is 24.4 Å². The van der Waals surface area contributed by atoms with Crippen molar-refractivity contribution < 1.29 is 5.11 Å². The van der Waals surface area contributed by atoms with Crippen LogP contribution < -0.4 is 5.73 Å². The van der Waals surface area contributed by atoms with Crippen LogP contribution in [0.25, 0.3) is 0 Å². The van der Waals surface area contributed by atoms with Crippen molar-refractivity contribution in [3.05, 3.63) is 41.3 Å². The number of aryl methyl sites for hydroxylation is 1. The van der Waals surface area contributed by atoms with E-state index in [0.29, 0.717) is 18.1 Å². The van der Waals surface area contributed by atoms with Crippen LogP contribution >= 0.6 is 12.4 Å². The molecule has 2 heterocycles. The van der Waals surface area contributed by atoms with E-state index in [1.807, 2.05) is 29.8 Å². The van der Waals surface area contributed by atoms with Crippen molar-refractivity contribution in [2.24, 2.45) is 0 Å². The molecule has 2 rings (SSSR count). The van der Waals surface area contributed by atoms with Crippen LogP contribution in [0.1, 0.15) is 30.8 Å². The number of nitrogens with two attached hydrogens (primary N) is 1. The Morgan fingerprint density at radius 2 is 2.05 bits per heavy atom. The molecule has 104 valence electrons. The molecule has 5 nitrogen and oxygen atoms in total. The minimum Gasteiger partial charge on any atom is -0.384 e. The average Bonchev–Trinajstić information content (AvgIpc) is 2.57. The Kier molecular flexibility index (Phi) is 4.55. The molecular formula is C13H19ClN4O. The summed E-state index contributed by atoms with van der Waals surface area (Å²) >= 11 is 0. The number of nitrogens with zero attached hydrogens (tertiary/aromatic N) is 3. The van der Waals surface area contributed by atoms with Gasteiger partial charge in [-0.1, -0.05) is 6.07 Å². The van der Waals surface area contributed by atoms with Gasteiger partial charge >= 0.3 is 0 Å². The highest BCUT2D eigenvalue weighted by molar-refractivity contribution is 5.85. The van der Waals surface area contributed by atoms with Gasteiger partial charge in [0.05, 0.1) is 12.2 Å². The summed E-state index contributed by atoms with van der Waals surface area (Å²) in [6, 6.07) is 5.60. The summed E-state index contributed by atoms with van der Waals surface area (Å²) in [4.78, 5) is 4.26. The van der Waals surface area contributed by atoms with Crippen LogP contribution in [0.3, 0.4) is 0 Å². The molecule has 0 saturated heterocycles. The number of pyridine rings is 1. The standard InChI is InChI=1S/C13H18N4O.ClH/c1-9-6-12(14)16-17(9)8-10-4-5-11(15-7-10)13(2,3)18;/h4-7,18H,8H2,1-3H3,(H2,14,16);1H. The topological polar surface area (TPSA) is 77.0 Å². The Morgan fingerprint density at radius 1 is 1.37 bits per heavy atom. The van der Waals surface area contributed by atoms with Gasteiger partial charge in [0, 0.05) is 18.0 Å². The zero-order valence-electron chi connectivity index (χ0n) is 11.3. The molecule has 0 radical (unpaired) electrons. The lowest BCUT2D eigenvalue weighted by molar-refractivity contribution is 0.0738. The van der Waals surface area contributed by atoms with Crippen molar-refractivity contribution in [3.63, 3.8) is 0 Å². The van der Waals surface area contributed by atoms with Crippen LogP contribution in [-0.2, 0) is 12.1 Å². The maximum absolute atomic E-state index is 9.82. The normalized spacial score (nSPS) is 11.2. The Balaban J connectivity index is 0.00000180.